The highest BCUT2D eigenvalue weighted by atomic mass is 32.1. The highest BCUT2D eigenvalue weighted by Crippen LogP contribution is 2.37. The van der Waals surface area contributed by atoms with Gasteiger partial charge in [-0.25, -0.2) is 9.37 Å². The molecule has 5 aromatic rings. The summed E-state index contributed by atoms with van der Waals surface area (Å²) in [5, 5.41) is 5.81. The van der Waals surface area contributed by atoms with Crippen LogP contribution in [0.5, 0.6) is 5.75 Å². The van der Waals surface area contributed by atoms with Crippen LogP contribution in [-0.2, 0) is 5.54 Å². The molecule has 5 rings (SSSR count). The van der Waals surface area contributed by atoms with Crippen molar-refractivity contribution in [2.45, 2.75) is 26.3 Å². The lowest BCUT2D eigenvalue weighted by Crippen LogP contribution is -2.41. The molecule has 2 N–H and O–H groups in total. The van der Waals surface area contributed by atoms with Crippen LogP contribution >= 0.6 is 11.3 Å². The quantitative estimate of drug-likeness (QED) is 0.250. The number of carbonyl (C=O) groups is 2. The van der Waals surface area contributed by atoms with Crippen LogP contribution in [0.1, 0.15) is 45.8 Å². The van der Waals surface area contributed by atoms with Gasteiger partial charge in [-0.3, -0.25) is 14.0 Å². The number of fused-ring (bicyclic) bond motifs is 1. The number of aromatic nitrogens is 2. The Hall–Kier alpha value is -4.50. The molecule has 2 aromatic heterocycles. The zero-order chi connectivity index (χ0) is 28.6. The molecule has 0 radical (unpaired) electrons. The summed E-state index contributed by atoms with van der Waals surface area (Å²) >= 11 is 1.39. The van der Waals surface area contributed by atoms with E-state index in [4.69, 9.17) is 9.72 Å². The largest absolute Gasteiger partial charge is 0.496 e. The second-order valence-electron chi connectivity index (χ2n) is 9.96. The number of benzene rings is 3. The van der Waals surface area contributed by atoms with Crippen molar-refractivity contribution in [1.29, 1.82) is 0 Å². The summed E-state index contributed by atoms with van der Waals surface area (Å²) in [5.74, 6) is -0.479. The number of rotatable bonds is 7. The second kappa shape index (κ2) is 10.6. The van der Waals surface area contributed by atoms with Gasteiger partial charge < -0.3 is 15.4 Å². The van der Waals surface area contributed by atoms with Crippen LogP contribution in [0, 0.1) is 12.7 Å². The van der Waals surface area contributed by atoms with Crippen LogP contribution in [-0.4, -0.2) is 35.4 Å². The molecular formula is C31H29FN4O3S. The number of ether oxygens (including phenoxy) is 1. The van der Waals surface area contributed by atoms with Crippen LogP contribution in [0.15, 0.2) is 72.9 Å². The number of methoxy groups -OCH3 is 1. The number of nitrogens with one attached hydrogen (secondary N) is 2. The van der Waals surface area contributed by atoms with Crippen molar-refractivity contribution in [2.75, 3.05) is 14.2 Å². The molecule has 9 heteroatoms. The van der Waals surface area contributed by atoms with Crippen LogP contribution in [0.25, 0.3) is 26.7 Å². The number of thiazole rings is 1. The molecule has 204 valence electrons. The zero-order valence-electron chi connectivity index (χ0n) is 22.8. The van der Waals surface area contributed by atoms with Gasteiger partial charge in [-0.1, -0.05) is 41.7 Å². The highest BCUT2D eigenvalue weighted by molar-refractivity contribution is 7.20. The summed E-state index contributed by atoms with van der Waals surface area (Å²) in [7, 11) is 3.10. The lowest BCUT2D eigenvalue weighted by Gasteiger charge is -2.27. The summed E-state index contributed by atoms with van der Waals surface area (Å²) in [5.41, 5.74) is 3.94. The Labute approximate surface area is 235 Å². The van der Waals surface area contributed by atoms with Gasteiger partial charge in [-0.05, 0) is 73.9 Å². The van der Waals surface area contributed by atoms with Crippen molar-refractivity contribution in [1.82, 2.24) is 20.0 Å². The third-order valence-electron chi connectivity index (χ3n) is 6.86. The first-order chi connectivity index (χ1) is 19.1. The van der Waals surface area contributed by atoms with E-state index in [0.717, 1.165) is 21.6 Å². The average Bonchev–Trinajstić information content (AvgIpc) is 3.51. The number of amides is 2. The Balaban J connectivity index is 1.57. The number of halogens is 1. The minimum absolute atomic E-state index is 0.266. The number of hydrogen-bond donors (Lipinski definition) is 2. The van der Waals surface area contributed by atoms with Crippen LogP contribution in [0.3, 0.4) is 0 Å². The third-order valence-corrected chi connectivity index (χ3v) is 7.88. The molecule has 0 aliphatic heterocycles. The van der Waals surface area contributed by atoms with Crippen molar-refractivity contribution in [3.63, 3.8) is 0 Å². The minimum Gasteiger partial charge on any atom is -0.496 e. The van der Waals surface area contributed by atoms with Crippen molar-refractivity contribution < 1.29 is 18.7 Å². The maximum atomic E-state index is 13.6. The van der Waals surface area contributed by atoms with Gasteiger partial charge in [0, 0.05) is 18.8 Å². The Morgan fingerprint density at radius 3 is 2.38 bits per heavy atom. The number of aryl methyl sites for hydroxylation is 1. The fourth-order valence-corrected chi connectivity index (χ4v) is 5.75. The van der Waals surface area contributed by atoms with Crippen molar-refractivity contribution in [3.05, 3.63) is 101 Å². The molecule has 2 heterocycles. The van der Waals surface area contributed by atoms with E-state index in [0.29, 0.717) is 33.2 Å². The maximum Gasteiger partial charge on any atom is 0.270 e. The van der Waals surface area contributed by atoms with Crippen molar-refractivity contribution >= 4 is 28.1 Å². The lowest BCUT2D eigenvalue weighted by atomic mass is 9.93. The maximum absolute atomic E-state index is 13.6. The molecule has 7 nitrogen and oxygen atoms in total. The Morgan fingerprint density at radius 2 is 1.73 bits per heavy atom. The highest BCUT2D eigenvalue weighted by Gasteiger charge is 2.27. The zero-order valence-corrected chi connectivity index (χ0v) is 23.7. The predicted octanol–water partition coefficient (Wildman–Crippen LogP) is 6.21. The molecule has 0 bridgehead atoms. The first kappa shape index (κ1) is 27.1. The van der Waals surface area contributed by atoms with Gasteiger partial charge >= 0.3 is 0 Å². The van der Waals surface area contributed by atoms with E-state index < -0.39 is 5.54 Å². The fraction of sp³-hybridized carbons (Fsp3) is 0.194. The molecule has 0 fully saturated rings. The Kier molecular flexibility index (Phi) is 7.16. The number of carbonyl (C=O) groups excluding carboxylic acids is 2. The molecule has 0 aliphatic carbocycles. The van der Waals surface area contributed by atoms with Crippen LogP contribution in [0.2, 0.25) is 0 Å². The summed E-state index contributed by atoms with van der Waals surface area (Å²) in [4.78, 5) is 32.6. The van der Waals surface area contributed by atoms with Gasteiger partial charge in [0.1, 0.15) is 23.0 Å². The third kappa shape index (κ3) is 4.96. The molecule has 3 aromatic carbocycles. The molecule has 0 saturated carbocycles. The van der Waals surface area contributed by atoms with Crippen LogP contribution < -0.4 is 15.4 Å². The lowest BCUT2D eigenvalue weighted by molar-refractivity contribution is 0.0907. The van der Waals surface area contributed by atoms with Crippen LogP contribution in [0.4, 0.5) is 4.39 Å². The SMILES string of the molecule is CNC(=O)c1c(-c2ccc(F)cc2)nc2sc(-c3cc(C(=O)NC(C)(C)c4ccccc4)c(OC)cc3C)cn12. The van der Waals surface area contributed by atoms with Gasteiger partial charge in [0.25, 0.3) is 11.8 Å². The Bertz CT molecular complexity index is 1720. The van der Waals surface area contributed by atoms with Gasteiger partial charge in [0.05, 0.1) is 23.1 Å². The van der Waals surface area contributed by atoms with Crippen molar-refractivity contribution in [3.8, 4) is 27.4 Å². The molecule has 0 spiro atoms. The average molecular weight is 557 g/mol. The molecule has 0 saturated heterocycles. The van der Waals surface area contributed by atoms with Gasteiger partial charge in [0.2, 0.25) is 0 Å². The minimum atomic E-state index is -0.614. The molecule has 0 unspecified atom stereocenters. The predicted molar refractivity (Wildman–Crippen MR) is 156 cm³/mol. The first-order valence-corrected chi connectivity index (χ1v) is 13.5. The molecular weight excluding hydrogens is 527 g/mol. The van der Waals surface area contributed by atoms with Crippen molar-refractivity contribution in [2.24, 2.45) is 0 Å². The van der Waals surface area contributed by atoms with E-state index in [-0.39, 0.29) is 17.6 Å². The topological polar surface area (TPSA) is 84.7 Å². The van der Waals surface area contributed by atoms with Gasteiger partial charge in [0.15, 0.2) is 4.96 Å². The molecule has 0 aliphatic rings. The van der Waals surface area contributed by atoms with Gasteiger partial charge in [-0.2, -0.15) is 0 Å². The number of nitrogens with zero attached hydrogens (tertiary/aromatic N) is 2. The van der Waals surface area contributed by atoms with Gasteiger partial charge in [-0.15, -0.1) is 0 Å². The monoisotopic (exact) mass is 556 g/mol. The second-order valence-corrected chi connectivity index (χ2v) is 11.0. The van der Waals surface area contributed by atoms with E-state index in [1.165, 1.54) is 23.5 Å². The van der Waals surface area contributed by atoms with E-state index in [2.05, 4.69) is 10.6 Å². The van der Waals surface area contributed by atoms with E-state index in [1.807, 2.05) is 69.4 Å². The summed E-state index contributed by atoms with van der Waals surface area (Å²) in [6.45, 7) is 5.85. The number of hydrogen-bond acceptors (Lipinski definition) is 5. The standard InChI is InChI=1S/C31H29FN4O3S/c1-18-15-24(39-5)23(28(37)35-31(2,3)20-9-7-6-8-10-20)16-22(18)25-17-36-27(29(38)33-4)26(34-30(36)40-25)19-11-13-21(32)14-12-19/h6-17H,1-5H3,(H,33,38)(H,35,37). The Morgan fingerprint density at radius 1 is 1.02 bits per heavy atom. The smallest absolute Gasteiger partial charge is 0.270 e. The fourth-order valence-electron chi connectivity index (χ4n) is 4.69. The number of imidazole rings is 1. The molecule has 40 heavy (non-hydrogen) atoms. The molecule has 0 atom stereocenters. The normalized spacial score (nSPS) is 11.4. The van der Waals surface area contributed by atoms with E-state index in [1.54, 1.807) is 30.7 Å². The summed E-state index contributed by atoms with van der Waals surface area (Å²) in [6.07, 6.45) is 1.84. The first-order valence-electron chi connectivity index (χ1n) is 12.7. The summed E-state index contributed by atoms with van der Waals surface area (Å²) < 4.78 is 20.9. The summed E-state index contributed by atoms with van der Waals surface area (Å²) in [6, 6.07) is 19.3. The molecule has 2 amide bonds. The van der Waals surface area contributed by atoms with E-state index in [9.17, 15) is 14.0 Å². The van der Waals surface area contributed by atoms with E-state index >= 15 is 0 Å².